The Morgan fingerprint density at radius 2 is 1.85 bits per heavy atom. The first-order valence-electron chi connectivity index (χ1n) is 6.89. The Morgan fingerprint density at radius 1 is 1.05 bits per heavy atom. The lowest BCUT2D eigenvalue weighted by Gasteiger charge is -2.12. The van der Waals surface area contributed by atoms with Crippen molar-refractivity contribution in [3.8, 4) is 11.1 Å². The molecule has 3 heteroatoms. The van der Waals surface area contributed by atoms with E-state index < -0.39 is 0 Å². The summed E-state index contributed by atoms with van der Waals surface area (Å²) in [6.07, 6.45) is 0. The summed E-state index contributed by atoms with van der Waals surface area (Å²) < 4.78 is 14.1. The summed E-state index contributed by atoms with van der Waals surface area (Å²) in [4.78, 5) is 2.09. The molecule has 0 aliphatic carbocycles. The van der Waals surface area contributed by atoms with Gasteiger partial charge in [0.1, 0.15) is 5.82 Å². The number of fused-ring (bicyclic) bond motifs is 1. The standard InChI is InChI=1S/C17H19FN2/c1-20(2)11-12-3-6-17(18)16(7-12)13-4-5-14-9-19-10-15(14)8-13/h3-8,19H,9-11H2,1-2H3. The highest BCUT2D eigenvalue weighted by Crippen LogP contribution is 2.28. The van der Waals surface area contributed by atoms with Gasteiger partial charge in [-0.25, -0.2) is 4.39 Å². The third-order valence-electron chi connectivity index (χ3n) is 3.68. The van der Waals surface area contributed by atoms with Gasteiger partial charge in [-0.05, 0) is 54.5 Å². The van der Waals surface area contributed by atoms with E-state index >= 15 is 0 Å². The number of hydrogen-bond donors (Lipinski definition) is 1. The Morgan fingerprint density at radius 3 is 2.65 bits per heavy atom. The van der Waals surface area contributed by atoms with Crippen LogP contribution in [0.1, 0.15) is 16.7 Å². The maximum atomic E-state index is 14.1. The molecule has 3 rings (SSSR count). The van der Waals surface area contributed by atoms with Gasteiger partial charge in [0.15, 0.2) is 0 Å². The summed E-state index contributed by atoms with van der Waals surface area (Å²) in [5, 5.41) is 3.32. The lowest BCUT2D eigenvalue weighted by molar-refractivity contribution is 0.402. The van der Waals surface area contributed by atoms with Crippen molar-refractivity contribution in [1.82, 2.24) is 10.2 Å². The molecule has 1 aliphatic rings. The zero-order valence-electron chi connectivity index (χ0n) is 11.9. The lowest BCUT2D eigenvalue weighted by Crippen LogP contribution is -2.10. The van der Waals surface area contributed by atoms with Crippen LogP contribution in [0.25, 0.3) is 11.1 Å². The molecular formula is C17H19FN2. The van der Waals surface area contributed by atoms with Gasteiger partial charge in [0.2, 0.25) is 0 Å². The van der Waals surface area contributed by atoms with Crippen molar-refractivity contribution < 1.29 is 4.39 Å². The summed E-state index contributed by atoms with van der Waals surface area (Å²) in [5.41, 5.74) is 5.38. The van der Waals surface area contributed by atoms with Crippen LogP contribution in [0.3, 0.4) is 0 Å². The van der Waals surface area contributed by atoms with E-state index in [0.717, 1.165) is 30.8 Å². The highest BCUT2D eigenvalue weighted by atomic mass is 19.1. The van der Waals surface area contributed by atoms with Crippen LogP contribution < -0.4 is 5.32 Å². The number of nitrogens with zero attached hydrogens (tertiary/aromatic N) is 1. The van der Waals surface area contributed by atoms with Crippen LogP contribution in [0, 0.1) is 5.82 Å². The van der Waals surface area contributed by atoms with Crippen molar-refractivity contribution in [3.63, 3.8) is 0 Å². The summed E-state index contributed by atoms with van der Waals surface area (Å²) in [6, 6.07) is 11.6. The molecule has 1 heterocycles. The summed E-state index contributed by atoms with van der Waals surface area (Å²) >= 11 is 0. The molecule has 0 radical (unpaired) electrons. The predicted molar refractivity (Wildman–Crippen MR) is 79.8 cm³/mol. The summed E-state index contributed by atoms with van der Waals surface area (Å²) in [6.45, 7) is 2.61. The van der Waals surface area contributed by atoms with Crippen LogP contribution in [-0.4, -0.2) is 19.0 Å². The second kappa shape index (κ2) is 5.35. The monoisotopic (exact) mass is 270 g/mol. The Kier molecular flexibility index (Phi) is 3.55. The van der Waals surface area contributed by atoms with Crippen molar-refractivity contribution in [1.29, 1.82) is 0 Å². The first-order valence-corrected chi connectivity index (χ1v) is 6.89. The Balaban J connectivity index is 2.00. The number of halogens is 1. The molecule has 20 heavy (non-hydrogen) atoms. The van der Waals surface area contributed by atoms with Gasteiger partial charge in [-0.3, -0.25) is 0 Å². The first-order chi connectivity index (χ1) is 9.63. The Bertz CT molecular complexity index is 635. The quantitative estimate of drug-likeness (QED) is 0.921. The van der Waals surface area contributed by atoms with Crippen LogP contribution in [0.4, 0.5) is 4.39 Å². The maximum absolute atomic E-state index is 14.1. The minimum Gasteiger partial charge on any atom is -0.309 e. The van der Waals surface area contributed by atoms with Gasteiger partial charge in [0.05, 0.1) is 0 Å². The smallest absolute Gasteiger partial charge is 0.131 e. The van der Waals surface area contributed by atoms with Crippen molar-refractivity contribution in [2.24, 2.45) is 0 Å². The fraction of sp³-hybridized carbons (Fsp3) is 0.294. The highest BCUT2D eigenvalue weighted by molar-refractivity contribution is 5.66. The number of hydrogen-bond acceptors (Lipinski definition) is 2. The van der Waals surface area contributed by atoms with Crippen LogP contribution >= 0.6 is 0 Å². The highest BCUT2D eigenvalue weighted by Gasteiger charge is 2.13. The Labute approximate surface area is 119 Å². The minimum absolute atomic E-state index is 0.154. The molecule has 2 aromatic carbocycles. The van der Waals surface area contributed by atoms with E-state index in [9.17, 15) is 4.39 Å². The zero-order chi connectivity index (χ0) is 14.1. The summed E-state index contributed by atoms with van der Waals surface area (Å²) in [7, 11) is 4.04. The number of benzene rings is 2. The average molecular weight is 270 g/mol. The van der Waals surface area contributed by atoms with Gasteiger partial charge in [-0.2, -0.15) is 0 Å². The maximum Gasteiger partial charge on any atom is 0.131 e. The number of nitrogens with one attached hydrogen (secondary N) is 1. The molecule has 104 valence electrons. The molecule has 0 aromatic heterocycles. The van der Waals surface area contributed by atoms with E-state index in [1.54, 1.807) is 6.07 Å². The molecular weight excluding hydrogens is 251 g/mol. The second-order valence-electron chi connectivity index (χ2n) is 5.64. The van der Waals surface area contributed by atoms with Crippen molar-refractivity contribution in [3.05, 3.63) is 58.9 Å². The van der Waals surface area contributed by atoms with Gasteiger partial charge >= 0.3 is 0 Å². The van der Waals surface area contributed by atoms with Gasteiger partial charge in [0, 0.05) is 25.2 Å². The van der Waals surface area contributed by atoms with Crippen molar-refractivity contribution in [2.75, 3.05) is 14.1 Å². The van der Waals surface area contributed by atoms with Crippen LogP contribution in [0.5, 0.6) is 0 Å². The average Bonchev–Trinajstić information content (AvgIpc) is 2.87. The molecule has 2 nitrogen and oxygen atoms in total. The molecule has 0 atom stereocenters. The van der Waals surface area contributed by atoms with E-state index in [4.69, 9.17) is 0 Å². The third kappa shape index (κ3) is 2.60. The summed E-state index contributed by atoms with van der Waals surface area (Å²) in [5.74, 6) is -0.154. The second-order valence-corrected chi connectivity index (χ2v) is 5.64. The van der Waals surface area contributed by atoms with Crippen LogP contribution in [-0.2, 0) is 19.6 Å². The van der Waals surface area contributed by atoms with Gasteiger partial charge in [-0.15, -0.1) is 0 Å². The minimum atomic E-state index is -0.154. The molecule has 0 saturated heterocycles. The first kappa shape index (κ1) is 13.3. The van der Waals surface area contributed by atoms with E-state index in [0.29, 0.717) is 5.56 Å². The van der Waals surface area contributed by atoms with Crippen LogP contribution in [0.2, 0.25) is 0 Å². The van der Waals surface area contributed by atoms with E-state index in [2.05, 4.69) is 22.3 Å². The largest absolute Gasteiger partial charge is 0.309 e. The molecule has 0 bridgehead atoms. The molecule has 2 aromatic rings. The number of rotatable bonds is 3. The van der Waals surface area contributed by atoms with Gasteiger partial charge < -0.3 is 10.2 Å². The zero-order valence-corrected chi connectivity index (χ0v) is 11.9. The molecule has 0 unspecified atom stereocenters. The van der Waals surface area contributed by atoms with Gasteiger partial charge in [-0.1, -0.05) is 18.2 Å². The van der Waals surface area contributed by atoms with Gasteiger partial charge in [0.25, 0.3) is 0 Å². The fourth-order valence-corrected chi connectivity index (χ4v) is 2.72. The molecule has 0 amide bonds. The SMILES string of the molecule is CN(C)Cc1ccc(F)c(-c2ccc3c(c2)CNC3)c1. The van der Waals surface area contributed by atoms with Crippen molar-refractivity contribution >= 4 is 0 Å². The van der Waals surface area contributed by atoms with Crippen molar-refractivity contribution in [2.45, 2.75) is 19.6 Å². The van der Waals surface area contributed by atoms with E-state index in [-0.39, 0.29) is 5.82 Å². The normalized spacial score (nSPS) is 13.8. The van der Waals surface area contributed by atoms with E-state index in [1.807, 2.05) is 32.3 Å². The molecule has 0 saturated carbocycles. The predicted octanol–water partition coefficient (Wildman–Crippen LogP) is 3.16. The van der Waals surface area contributed by atoms with Crippen LogP contribution in [0.15, 0.2) is 36.4 Å². The van der Waals surface area contributed by atoms with E-state index in [1.165, 1.54) is 11.1 Å². The molecule has 0 spiro atoms. The Hall–Kier alpha value is -1.71. The third-order valence-corrected chi connectivity index (χ3v) is 3.68. The molecule has 1 N–H and O–H groups in total. The topological polar surface area (TPSA) is 15.3 Å². The lowest BCUT2D eigenvalue weighted by atomic mass is 9.98. The molecule has 0 fully saturated rings. The fourth-order valence-electron chi connectivity index (χ4n) is 2.72. The molecule has 1 aliphatic heterocycles.